The van der Waals surface area contributed by atoms with Crippen LogP contribution in [-0.4, -0.2) is 29.1 Å². The van der Waals surface area contributed by atoms with Crippen molar-refractivity contribution in [2.45, 2.75) is 32.3 Å². The first-order valence-electron chi connectivity index (χ1n) is 10.1. The lowest BCUT2D eigenvalue weighted by Gasteiger charge is -2.15. The highest BCUT2D eigenvalue weighted by molar-refractivity contribution is 5.84. The molecule has 1 heterocycles. The van der Waals surface area contributed by atoms with E-state index in [9.17, 15) is 9.18 Å². The number of nitrogens with one attached hydrogen (secondary N) is 1. The first kappa shape index (κ1) is 20.7. The van der Waals surface area contributed by atoms with E-state index >= 15 is 0 Å². The summed E-state index contributed by atoms with van der Waals surface area (Å²) in [6, 6.07) is 13.4. The first-order valence-corrected chi connectivity index (χ1v) is 10.1. The van der Waals surface area contributed by atoms with Crippen LogP contribution in [0, 0.1) is 19.7 Å². The number of hydrogen-bond donors (Lipinski definition) is 1. The molecule has 0 saturated heterocycles. The molecular weight excluding hydrogens is 397 g/mol. The van der Waals surface area contributed by atoms with Gasteiger partial charge in [0, 0.05) is 22.9 Å². The summed E-state index contributed by atoms with van der Waals surface area (Å²) in [6.45, 7) is 4.03. The van der Waals surface area contributed by atoms with Crippen LogP contribution in [-0.2, 0) is 4.74 Å². The molecule has 2 unspecified atom stereocenters. The summed E-state index contributed by atoms with van der Waals surface area (Å²) < 4.78 is 25.9. The van der Waals surface area contributed by atoms with Crippen molar-refractivity contribution < 1.29 is 18.7 Å². The van der Waals surface area contributed by atoms with Gasteiger partial charge in [-0.15, -0.1) is 0 Å². The van der Waals surface area contributed by atoms with Gasteiger partial charge >= 0.3 is 6.09 Å². The van der Waals surface area contributed by atoms with Crippen molar-refractivity contribution in [3.63, 3.8) is 0 Å². The molecule has 0 aliphatic heterocycles. The Kier molecular flexibility index (Phi) is 5.75. The minimum atomic E-state index is -0.608. The molecule has 2 atom stereocenters. The fraction of sp³-hybridized carbons (Fsp3) is 0.250. The van der Waals surface area contributed by atoms with Crippen molar-refractivity contribution in [1.29, 1.82) is 0 Å². The van der Waals surface area contributed by atoms with Crippen molar-refractivity contribution in [3.05, 3.63) is 83.5 Å². The molecule has 0 bridgehead atoms. The Hall–Kier alpha value is -3.61. The second kappa shape index (κ2) is 8.63. The molecule has 0 spiro atoms. The third kappa shape index (κ3) is 4.45. The molecule has 1 aromatic heterocycles. The summed E-state index contributed by atoms with van der Waals surface area (Å²) in [5.41, 5.74) is 4.42. The zero-order valence-corrected chi connectivity index (χ0v) is 17.6. The predicted molar refractivity (Wildman–Crippen MR) is 116 cm³/mol. The largest absolute Gasteiger partial charge is 0.497 e. The highest BCUT2D eigenvalue weighted by Gasteiger charge is 2.28. The predicted octanol–water partition coefficient (Wildman–Crippen LogP) is 5.30. The van der Waals surface area contributed by atoms with Gasteiger partial charge < -0.3 is 9.47 Å². The number of carbonyl (C=O) groups excluding carboxylic acids is 1. The van der Waals surface area contributed by atoms with Crippen molar-refractivity contribution >= 4 is 11.8 Å². The van der Waals surface area contributed by atoms with E-state index in [1.54, 1.807) is 13.2 Å². The molecule has 0 fully saturated rings. The van der Waals surface area contributed by atoms with Gasteiger partial charge in [0.1, 0.15) is 17.7 Å². The molecule has 31 heavy (non-hydrogen) atoms. The van der Waals surface area contributed by atoms with Gasteiger partial charge in [-0.1, -0.05) is 12.1 Å². The molecular formula is C24H24FN3O3. The van der Waals surface area contributed by atoms with Crippen LogP contribution in [0.3, 0.4) is 0 Å². The van der Waals surface area contributed by atoms with Crippen LogP contribution in [0.4, 0.5) is 14.9 Å². The number of anilines is 1. The number of hydrogen-bond acceptors (Lipinski definition) is 4. The van der Waals surface area contributed by atoms with E-state index in [-0.39, 0.29) is 12.0 Å². The van der Waals surface area contributed by atoms with Gasteiger partial charge in [-0.05, 0) is 68.8 Å². The average Bonchev–Trinajstić information content (AvgIpc) is 3.31. The van der Waals surface area contributed by atoms with Gasteiger partial charge in [0.05, 0.1) is 18.5 Å². The summed E-state index contributed by atoms with van der Waals surface area (Å²) in [6.07, 6.45) is 3.60. The number of methoxy groups -OCH3 is 1. The Morgan fingerprint density at radius 2 is 1.94 bits per heavy atom. The molecule has 6 nitrogen and oxygen atoms in total. The molecule has 0 saturated carbocycles. The average molecular weight is 421 g/mol. The molecule has 1 aliphatic rings. The zero-order valence-electron chi connectivity index (χ0n) is 17.6. The Bertz CT molecular complexity index is 1120. The minimum absolute atomic E-state index is 0.0963. The number of aryl methyl sites for hydroxylation is 1. The summed E-state index contributed by atoms with van der Waals surface area (Å²) in [5.74, 6) is 0.471. The Balaban J connectivity index is 1.44. The maximum atomic E-state index is 13.3. The highest BCUT2D eigenvalue weighted by atomic mass is 19.1. The Labute approximate surface area is 180 Å². The number of ether oxygens (including phenoxy) is 2. The van der Waals surface area contributed by atoms with Crippen molar-refractivity contribution in [1.82, 2.24) is 9.78 Å². The number of halogens is 1. The van der Waals surface area contributed by atoms with Gasteiger partial charge in [-0.25, -0.2) is 13.9 Å². The molecule has 1 aliphatic carbocycles. The van der Waals surface area contributed by atoms with Gasteiger partial charge in [0.15, 0.2) is 0 Å². The van der Waals surface area contributed by atoms with Crippen molar-refractivity contribution in [2.24, 2.45) is 0 Å². The third-order valence-electron chi connectivity index (χ3n) is 5.41. The summed E-state index contributed by atoms with van der Waals surface area (Å²) >= 11 is 0. The maximum absolute atomic E-state index is 13.3. The lowest BCUT2D eigenvalue weighted by atomic mass is 9.96. The van der Waals surface area contributed by atoms with Crippen LogP contribution in [0.25, 0.3) is 5.69 Å². The summed E-state index contributed by atoms with van der Waals surface area (Å²) in [4.78, 5) is 12.2. The monoisotopic (exact) mass is 421 g/mol. The minimum Gasteiger partial charge on any atom is -0.497 e. The number of allylic oxidation sites excluding steroid dienone is 1. The molecule has 0 radical (unpaired) electrons. The SMILES string of the molecule is COc1ccc(-n2nc(C)c(C3C=CC(OC(=O)Nc4cccc(F)c4)C3)c2C)cc1. The lowest BCUT2D eigenvalue weighted by Crippen LogP contribution is -2.20. The van der Waals surface area contributed by atoms with Crippen LogP contribution in [0.15, 0.2) is 60.7 Å². The standard InChI is InChI=1S/C24H24FN3O3/c1-15-23(16(2)28(27-15)20-8-11-21(30-3)12-9-20)17-7-10-22(13-17)31-24(29)26-19-6-4-5-18(25)14-19/h4-12,14,17,22H,13H2,1-3H3,(H,26,29). The van der Waals surface area contributed by atoms with E-state index in [0.717, 1.165) is 28.4 Å². The second-order valence-corrected chi connectivity index (χ2v) is 7.50. The fourth-order valence-electron chi connectivity index (χ4n) is 3.98. The zero-order chi connectivity index (χ0) is 22.0. The van der Waals surface area contributed by atoms with Crippen LogP contribution < -0.4 is 10.1 Å². The van der Waals surface area contributed by atoms with Gasteiger partial charge in [0.2, 0.25) is 0 Å². The summed E-state index contributed by atoms with van der Waals surface area (Å²) in [7, 11) is 1.64. The fourth-order valence-corrected chi connectivity index (χ4v) is 3.98. The normalized spacial score (nSPS) is 17.5. The van der Waals surface area contributed by atoms with E-state index in [4.69, 9.17) is 14.6 Å². The topological polar surface area (TPSA) is 65.4 Å². The van der Waals surface area contributed by atoms with Gasteiger partial charge in [0.25, 0.3) is 0 Å². The molecule has 160 valence electrons. The number of aromatic nitrogens is 2. The van der Waals surface area contributed by atoms with E-state index < -0.39 is 11.9 Å². The van der Waals surface area contributed by atoms with E-state index in [0.29, 0.717) is 12.1 Å². The number of rotatable bonds is 5. The number of amides is 1. The third-order valence-corrected chi connectivity index (χ3v) is 5.41. The quantitative estimate of drug-likeness (QED) is 0.568. The van der Waals surface area contributed by atoms with E-state index in [1.807, 2.05) is 48.9 Å². The second-order valence-electron chi connectivity index (χ2n) is 7.50. The lowest BCUT2D eigenvalue weighted by molar-refractivity contribution is 0.132. The molecule has 1 amide bonds. The molecule has 3 aromatic rings. The molecule has 1 N–H and O–H groups in total. The first-order chi connectivity index (χ1) is 14.9. The highest BCUT2D eigenvalue weighted by Crippen LogP contribution is 2.35. The van der Waals surface area contributed by atoms with Crippen molar-refractivity contribution in [3.8, 4) is 11.4 Å². The van der Waals surface area contributed by atoms with E-state index in [2.05, 4.69) is 11.4 Å². The van der Waals surface area contributed by atoms with Gasteiger partial charge in [-0.3, -0.25) is 5.32 Å². The smallest absolute Gasteiger partial charge is 0.412 e. The van der Waals surface area contributed by atoms with E-state index in [1.165, 1.54) is 18.2 Å². The van der Waals surface area contributed by atoms with Gasteiger partial charge in [-0.2, -0.15) is 5.10 Å². The van der Waals surface area contributed by atoms with Crippen LogP contribution in [0.1, 0.15) is 29.3 Å². The molecule has 7 heteroatoms. The Morgan fingerprint density at radius 1 is 1.16 bits per heavy atom. The molecule has 4 rings (SSSR count). The maximum Gasteiger partial charge on any atom is 0.412 e. The van der Waals surface area contributed by atoms with Crippen molar-refractivity contribution in [2.75, 3.05) is 12.4 Å². The molecule has 2 aromatic carbocycles. The van der Waals surface area contributed by atoms with Crippen LogP contribution in [0.2, 0.25) is 0 Å². The number of carbonyl (C=O) groups is 1. The number of nitrogens with zero attached hydrogens (tertiary/aromatic N) is 2. The number of benzene rings is 2. The van der Waals surface area contributed by atoms with Crippen LogP contribution in [0.5, 0.6) is 5.75 Å². The van der Waals surface area contributed by atoms with Crippen LogP contribution >= 0.6 is 0 Å². The summed E-state index contributed by atoms with van der Waals surface area (Å²) in [5, 5.41) is 7.28. The Morgan fingerprint density at radius 3 is 2.65 bits per heavy atom.